The lowest BCUT2D eigenvalue weighted by Gasteiger charge is -2.43. The Hall–Kier alpha value is -0.120. The van der Waals surface area contributed by atoms with Crippen LogP contribution in [0.4, 0.5) is 0 Å². The van der Waals surface area contributed by atoms with Gasteiger partial charge in [-0.25, -0.2) is 0 Å². The van der Waals surface area contributed by atoms with Crippen LogP contribution in [0.15, 0.2) is 0 Å². The van der Waals surface area contributed by atoms with Gasteiger partial charge in [0.25, 0.3) is 0 Å². The maximum atomic E-state index is 5.90. The van der Waals surface area contributed by atoms with Crippen molar-refractivity contribution >= 4 is 0 Å². The molecule has 0 rings (SSSR count). The van der Waals surface area contributed by atoms with E-state index in [0.717, 1.165) is 26.2 Å². The summed E-state index contributed by atoms with van der Waals surface area (Å²) in [5.41, 5.74) is 5.87. The van der Waals surface area contributed by atoms with Gasteiger partial charge in [0, 0.05) is 19.2 Å². The first kappa shape index (κ1) is 14.9. The first-order chi connectivity index (χ1) is 7.05. The van der Waals surface area contributed by atoms with Crippen molar-refractivity contribution in [2.24, 2.45) is 5.73 Å². The lowest BCUT2D eigenvalue weighted by Crippen LogP contribution is -2.57. The van der Waals surface area contributed by atoms with Gasteiger partial charge in [0.05, 0.1) is 12.1 Å². The van der Waals surface area contributed by atoms with Crippen LogP contribution in [0.1, 0.15) is 41.0 Å². The van der Waals surface area contributed by atoms with E-state index in [0.29, 0.717) is 12.6 Å². The van der Waals surface area contributed by atoms with Gasteiger partial charge >= 0.3 is 0 Å². The molecule has 0 aromatic heterocycles. The summed E-state index contributed by atoms with van der Waals surface area (Å²) in [5.74, 6) is 0. The molecule has 3 nitrogen and oxygen atoms in total. The lowest BCUT2D eigenvalue weighted by atomic mass is 9.98. The molecule has 0 fully saturated rings. The largest absolute Gasteiger partial charge is 0.380 e. The fourth-order valence-corrected chi connectivity index (χ4v) is 2.03. The molecule has 0 bridgehead atoms. The van der Waals surface area contributed by atoms with Crippen LogP contribution in [0, 0.1) is 0 Å². The summed E-state index contributed by atoms with van der Waals surface area (Å²) < 4.78 is 5.55. The Morgan fingerprint density at radius 3 is 2.27 bits per heavy atom. The summed E-state index contributed by atoms with van der Waals surface area (Å²) in [7, 11) is 0. The van der Waals surface area contributed by atoms with Gasteiger partial charge in [-0.05, 0) is 33.7 Å². The summed E-state index contributed by atoms with van der Waals surface area (Å²) in [5, 5.41) is 0. The zero-order chi connectivity index (χ0) is 11.9. The molecule has 0 aromatic carbocycles. The molecule has 92 valence electrons. The first-order valence-electron chi connectivity index (χ1n) is 6.10. The molecule has 3 heteroatoms. The zero-order valence-electron chi connectivity index (χ0n) is 11.0. The van der Waals surface area contributed by atoms with Crippen molar-refractivity contribution in [2.45, 2.75) is 52.6 Å². The zero-order valence-corrected chi connectivity index (χ0v) is 11.0. The van der Waals surface area contributed by atoms with Crippen LogP contribution in [0.3, 0.4) is 0 Å². The fraction of sp³-hybridized carbons (Fsp3) is 1.00. The van der Waals surface area contributed by atoms with Crippen LogP contribution in [-0.4, -0.2) is 42.8 Å². The highest BCUT2D eigenvalue weighted by Crippen LogP contribution is 2.19. The van der Waals surface area contributed by atoms with Gasteiger partial charge in [-0.2, -0.15) is 0 Å². The van der Waals surface area contributed by atoms with Crippen molar-refractivity contribution in [3.05, 3.63) is 0 Å². The van der Waals surface area contributed by atoms with Crippen molar-refractivity contribution in [1.82, 2.24) is 4.90 Å². The van der Waals surface area contributed by atoms with E-state index in [4.69, 9.17) is 10.5 Å². The molecule has 15 heavy (non-hydrogen) atoms. The second kappa shape index (κ2) is 7.20. The Morgan fingerprint density at radius 1 is 1.33 bits per heavy atom. The van der Waals surface area contributed by atoms with Crippen LogP contribution in [-0.2, 0) is 4.74 Å². The van der Waals surface area contributed by atoms with E-state index in [9.17, 15) is 0 Å². The average Bonchev–Trinajstić information content (AvgIpc) is 2.26. The highest BCUT2D eigenvalue weighted by atomic mass is 16.5. The minimum absolute atomic E-state index is 0.0276. The van der Waals surface area contributed by atoms with Crippen LogP contribution in [0.25, 0.3) is 0 Å². The van der Waals surface area contributed by atoms with Crippen molar-refractivity contribution in [2.75, 3.05) is 26.3 Å². The number of likely N-dealkylation sites (N-methyl/N-ethyl adjacent to an activating group) is 1. The van der Waals surface area contributed by atoms with E-state index < -0.39 is 0 Å². The van der Waals surface area contributed by atoms with E-state index >= 15 is 0 Å². The first-order valence-corrected chi connectivity index (χ1v) is 6.10. The topological polar surface area (TPSA) is 38.5 Å². The van der Waals surface area contributed by atoms with E-state index in [1.54, 1.807) is 0 Å². The normalized spacial score (nSPS) is 17.8. The average molecular weight is 216 g/mol. The molecule has 0 radical (unpaired) electrons. The van der Waals surface area contributed by atoms with Crippen LogP contribution in [0.5, 0.6) is 0 Å². The number of hydrogen-bond donors (Lipinski definition) is 1. The van der Waals surface area contributed by atoms with E-state index in [2.05, 4.69) is 32.6 Å². The molecule has 2 unspecified atom stereocenters. The Balaban J connectivity index is 4.55. The molecule has 0 aliphatic rings. The third kappa shape index (κ3) is 4.09. The molecule has 2 atom stereocenters. The molecular weight excluding hydrogens is 188 g/mol. The predicted molar refractivity (Wildman–Crippen MR) is 66.1 cm³/mol. The van der Waals surface area contributed by atoms with Gasteiger partial charge in [-0.3, -0.25) is 4.90 Å². The molecule has 0 heterocycles. The summed E-state index contributed by atoms with van der Waals surface area (Å²) >= 11 is 0. The monoisotopic (exact) mass is 216 g/mol. The number of rotatable bonds is 8. The number of hydrogen-bond acceptors (Lipinski definition) is 3. The van der Waals surface area contributed by atoms with Gasteiger partial charge in [0.1, 0.15) is 0 Å². The van der Waals surface area contributed by atoms with Crippen molar-refractivity contribution in [1.29, 1.82) is 0 Å². The summed E-state index contributed by atoms with van der Waals surface area (Å²) in [4.78, 5) is 2.45. The second-order valence-electron chi connectivity index (χ2n) is 4.38. The van der Waals surface area contributed by atoms with E-state index in [1.807, 2.05) is 6.92 Å². The van der Waals surface area contributed by atoms with Crippen molar-refractivity contribution in [3.8, 4) is 0 Å². The summed E-state index contributed by atoms with van der Waals surface area (Å²) in [6.07, 6.45) is 1.15. The number of ether oxygens (including phenoxy) is 1. The maximum absolute atomic E-state index is 5.90. The van der Waals surface area contributed by atoms with Gasteiger partial charge in [-0.15, -0.1) is 0 Å². The Morgan fingerprint density at radius 2 is 1.93 bits per heavy atom. The van der Waals surface area contributed by atoms with Gasteiger partial charge in [0.2, 0.25) is 0 Å². The van der Waals surface area contributed by atoms with Gasteiger partial charge in [-0.1, -0.05) is 13.8 Å². The highest BCUT2D eigenvalue weighted by molar-refractivity contribution is 4.89. The lowest BCUT2D eigenvalue weighted by molar-refractivity contribution is -0.00768. The third-order valence-electron chi connectivity index (χ3n) is 3.21. The van der Waals surface area contributed by atoms with Gasteiger partial charge in [0.15, 0.2) is 0 Å². The molecule has 0 aromatic rings. The fourth-order valence-electron chi connectivity index (χ4n) is 2.03. The molecule has 0 amide bonds. The predicted octanol–water partition coefficient (Wildman–Crippen LogP) is 1.86. The minimum Gasteiger partial charge on any atom is -0.380 e. The second-order valence-corrected chi connectivity index (χ2v) is 4.38. The van der Waals surface area contributed by atoms with Crippen LogP contribution < -0.4 is 5.73 Å². The van der Waals surface area contributed by atoms with Gasteiger partial charge < -0.3 is 10.5 Å². The van der Waals surface area contributed by atoms with Crippen molar-refractivity contribution in [3.63, 3.8) is 0 Å². The smallest absolute Gasteiger partial charge is 0.0660 e. The molecule has 0 aliphatic carbocycles. The number of nitrogens with two attached hydrogens (primary N) is 1. The molecular formula is C12H28N2O. The maximum Gasteiger partial charge on any atom is 0.0660 e. The molecule has 2 N–H and O–H groups in total. The third-order valence-corrected chi connectivity index (χ3v) is 3.21. The molecule has 0 saturated heterocycles. The molecule has 0 aliphatic heterocycles. The van der Waals surface area contributed by atoms with Crippen LogP contribution in [0.2, 0.25) is 0 Å². The standard InChI is InChI=1S/C12H28N2O/c1-6-11(4)14(7-2)12(5,9-13)10-15-8-3/h11H,6-10,13H2,1-5H3. The van der Waals surface area contributed by atoms with Crippen LogP contribution >= 0.6 is 0 Å². The van der Waals surface area contributed by atoms with E-state index in [-0.39, 0.29) is 5.54 Å². The minimum atomic E-state index is -0.0276. The highest BCUT2D eigenvalue weighted by Gasteiger charge is 2.32. The quantitative estimate of drug-likeness (QED) is 0.673. The Kier molecular flexibility index (Phi) is 7.14. The molecule has 0 spiro atoms. The SMILES string of the molecule is CCOCC(C)(CN)N(CC)C(C)CC. The summed E-state index contributed by atoms with van der Waals surface area (Å²) in [6.45, 7) is 14.0. The Bertz CT molecular complexity index is 164. The van der Waals surface area contributed by atoms with Crippen molar-refractivity contribution < 1.29 is 4.74 Å². The number of nitrogens with zero attached hydrogens (tertiary/aromatic N) is 1. The Labute approximate surface area is 95.0 Å². The summed E-state index contributed by atoms with van der Waals surface area (Å²) in [6, 6.07) is 0.559. The molecule has 0 saturated carbocycles. The van der Waals surface area contributed by atoms with E-state index in [1.165, 1.54) is 0 Å².